The summed E-state index contributed by atoms with van der Waals surface area (Å²) in [4.78, 5) is 15.5. The number of benzene rings is 1. The van der Waals surface area contributed by atoms with E-state index in [9.17, 15) is 10.1 Å². The Hall–Kier alpha value is -1.86. The number of rotatable bonds is 6. The van der Waals surface area contributed by atoms with Crippen LogP contribution in [-0.4, -0.2) is 42.0 Å². The van der Waals surface area contributed by atoms with Crippen LogP contribution in [0.4, 0.5) is 17.1 Å². The first-order valence-corrected chi connectivity index (χ1v) is 7.35. The molecule has 1 saturated heterocycles. The van der Waals surface area contributed by atoms with Gasteiger partial charge >= 0.3 is 5.69 Å². The number of likely N-dealkylation sites (N-methyl/N-ethyl adjacent to an activating group) is 1. The van der Waals surface area contributed by atoms with E-state index in [1.165, 1.54) is 0 Å². The number of hydrazine groups is 1. The van der Waals surface area contributed by atoms with Crippen LogP contribution in [0.1, 0.15) is 20.3 Å². The van der Waals surface area contributed by atoms with Crippen molar-refractivity contribution in [3.63, 3.8) is 0 Å². The highest BCUT2D eigenvalue weighted by molar-refractivity contribution is 5.77. The third-order valence-electron chi connectivity index (χ3n) is 4.19. The molecular weight excluding hydrogens is 270 g/mol. The summed E-state index contributed by atoms with van der Waals surface area (Å²) in [6, 6.07) is 5.67. The summed E-state index contributed by atoms with van der Waals surface area (Å²) in [5.41, 5.74) is 3.47. The number of nitrogen functional groups attached to an aromatic ring is 1. The number of hydrogen-bond acceptors (Lipinski definition) is 6. The van der Waals surface area contributed by atoms with E-state index in [1.807, 2.05) is 0 Å². The van der Waals surface area contributed by atoms with Crippen molar-refractivity contribution in [3.8, 4) is 0 Å². The zero-order valence-corrected chi connectivity index (χ0v) is 12.6. The first kappa shape index (κ1) is 15.5. The van der Waals surface area contributed by atoms with Gasteiger partial charge in [0.25, 0.3) is 0 Å². The van der Waals surface area contributed by atoms with Crippen molar-refractivity contribution in [1.82, 2.24) is 4.90 Å². The van der Waals surface area contributed by atoms with E-state index in [0.29, 0.717) is 17.4 Å². The minimum atomic E-state index is -0.366. The Morgan fingerprint density at radius 2 is 2.19 bits per heavy atom. The zero-order chi connectivity index (χ0) is 15.4. The lowest BCUT2D eigenvalue weighted by atomic mass is 10.2. The molecule has 0 amide bonds. The summed E-state index contributed by atoms with van der Waals surface area (Å²) in [6.45, 7) is 7.94. The Labute approximate surface area is 124 Å². The van der Waals surface area contributed by atoms with E-state index in [1.54, 1.807) is 18.2 Å². The van der Waals surface area contributed by atoms with Gasteiger partial charge < -0.3 is 10.3 Å². The lowest BCUT2D eigenvalue weighted by Crippen LogP contribution is -2.37. The summed E-state index contributed by atoms with van der Waals surface area (Å²) in [6.07, 6.45) is 1.03. The molecule has 0 spiro atoms. The average molecular weight is 293 g/mol. The van der Waals surface area contributed by atoms with E-state index < -0.39 is 0 Å². The summed E-state index contributed by atoms with van der Waals surface area (Å²) >= 11 is 0. The van der Waals surface area contributed by atoms with Gasteiger partial charge in [-0.05, 0) is 31.6 Å². The van der Waals surface area contributed by atoms with Crippen molar-refractivity contribution in [3.05, 3.63) is 28.3 Å². The molecule has 7 heteroatoms. The van der Waals surface area contributed by atoms with Crippen LogP contribution < -0.4 is 16.2 Å². The summed E-state index contributed by atoms with van der Waals surface area (Å²) in [5, 5.41) is 11.4. The molecule has 0 aromatic heterocycles. The standard InChI is InChI=1S/C14H23N5O2/c1-3-17(4-2)11-8-9-18(10-11)13-7-5-6-12(16-15)14(13)19(20)21/h5-7,11,16H,3-4,8-10,15H2,1-2H3. The van der Waals surface area contributed by atoms with Crippen molar-refractivity contribution < 1.29 is 4.92 Å². The fourth-order valence-corrected chi connectivity index (χ4v) is 3.09. The Bertz CT molecular complexity index is 504. The summed E-state index contributed by atoms with van der Waals surface area (Å²) in [5.74, 6) is 5.39. The van der Waals surface area contributed by atoms with Crippen molar-refractivity contribution in [2.75, 3.05) is 36.5 Å². The lowest BCUT2D eigenvalue weighted by molar-refractivity contribution is -0.383. The van der Waals surface area contributed by atoms with Gasteiger partial charge in [-0.1, -0.05) is 19.9 Å². The number of nitrogens with two attached hydrogens (primary N) is 1. The molecule has 1 aromatic rings. The number of hydrogen-bond donors (Lipinski definition) is 2. The first-order chi connectivity index (χ1) is 10.1. The van der Waals surface area contributed by atoms with E-state index in [-0.39, 0.29) is 10.6 Å². The van der Waals surface area contributed by atoms with Gasteiger partial charge in [-0.15, -0.1) is 0 Å². The predicted octanol–water partition coefficient (Wildman–Crippen LogP) is 1.80. The molecule has 0 bridgehead atoms. The summed E-state index contributed by atoms with van der Waals surface area (Å²) in [7, 11) is 0. The molecule has 1 aliphatic heterocycles. The minimum absolute atomic E-state index is 0.0557. The van der Waals surface area contributed by atoms with Crippen molar-refractivity contribution in [2.24, 2.45) is 5.84 Å². The van der Waals surface area contributed by atoms with E-state index in [0.717, 1.165) is 32.6 Å². The van der Waals surface area contributed by atoms with Gasteiger partial charge in [-0.2, -0.15) is 0 Å². The van der Waals surface area contributed by atoms with E-state index in [2.05, 4.69) is 29.1 Å². The van der Waals surface area contributed by atoms with Crippen LogP contribution >= 0.6 is 0 Å². The van der Waals surface area contributed by atoms with Gasteiger partial charge in [0.1, 0.15) is 11.4 Å². The second-order valence-corrected chi connectivity index (χ2v) is 5.18. The molecule has 1 unspecified atom stereocenters. The zero-order valence-electron chi connectivity index (χ0n) is 12.6. The van der Waals surface area contributed by atoms with Crippen LogP contribution in [0.25, 0.3) is 0 Å². The first-order valence-electron chi connectivity index (χ1n) is 7.35. The molecule has 21 heavy (non-hydrogen) atoms. The number of para-hydroxylation sites is 1. The lowest BCUT2D eigenvalue weighted by Gasteiger charge is -2.26. The van der Waals surface area contributed by atoms with Crippen molar-refractivity contribution in [1.29, 1.82) is 0 Å². The van der Waals surface area contributed by atoms with Crippen LogP contribution in [0.3, 0.4) is 0 Å². The van der Waals surface area contributed by atoms with Gasteiger partial charge in [0.15, 0.2) is 0 Å². The molecule has 1 fully saturated rings. The predicted molar refractivity (Wildman–Crippen MR) is 84.4 cm³/mol. The third kappa shape index (κ3) is 3.08. The molecule has 3 N–H and O–H groups in total. The van der Waals surface area contributed by atoms with Crippen LogP contribution in [0.5, 0.6) is 0 Å². The highest BCUT2D eigenvalue weighted by atomic mass is 16.6. The van der Waals surface area contributed by atoms with Gasteiger partial charge in [-0.3, -0.25) is 20.9 Å². The maximum absolute atomic E-state index is 11.4. The van der Waals surface area contributed by atoms with Crippen LogP contribution in [0.15, 0.2) is 18.2 Å². The normalized spacial score (nSPS) is 18.3. The Kier molecular flexibility index (Phi) is 4.98. The number of anilines is 2. The monoisotopic (exact) mass is 293 g/mol. The van der Waals surface area contributed by atoms with Crippen molar-refractivity contribution in [2.45, 2.75) is 26.3 Å². The third-order valence-corrected chi connectivity index (χ3v) is 4.19. The highest BCUT2D eigenvalue weighted by Crippen LogP contribution is 2.36. The van der Waals surface area contributed by atoms with Crippen LogP contribution in [0.2, 0.25) is 0 Å². The SMILES string of the molecule is CCN(CC)C1CCN(c2cccc(NN)c2[N+](=O)[O-])C1. The molecular formula is C14H23N5O2. The van der Waals surface area contributed by atoms with Gasteiger partial charge in [0, 0.05) is 19.1 Å². The van der Waals surface area contributed by atoms with Gasteiger partial charge in [-0.25, -0.2) is 0 Å². The van der Waals surface area contributed by atoms with Crippen LogP contribution in [-0.2, 0) is 0 Å². The average Bonchev–Trinajstić information content (AvgIpc) is 2.97. The molecule has 116 valence electrons. The van der Waals surface area contributed by atoms with Crippen LogP contribution in [0, 0.1) is 10.1 Å². The Morgan fingerprint density at radius 1 is 1.48 bits per heavy atom. The molecule has 1 atom stereocenters. The minimum Gasteiger partial charge on any atom is -0.364 e. The number of nitrogens with one attached hydrogen (secondary N) is 1. The fraction of sp³-hybridized carbons (Fsp3) is 0.571. The van der Waals surface area contributed by atoms with E-state index >= 15 is 0 Å². The molecule has 1 aromatic carbocycles. The highest BCUT2D eigenvalue weighted by Gasteiger charge is 2.31. The topological polar surface area (TPSA) is 87.7 Å². The molecule has 7 nitrogen and oxygen atoms in total. The Balaban J connectivity index is 2.26. The maximum atomic E-state index is 11.4. The number of nitro benzene ring substituents is 1. The van der Waals surface area contributed by atoms with Gasteiger partial charge in [0.05, 0.1) is 4.92 Å². The molecule has 0 aliphatic carbocycles. The molecule has 1 aliphatic rings. The maximum Gasteiger partial charge on any atom is 0.316 e. The van der Waals surface area contributed by atoms with E-state index in [4.69, 9.17) is 5.84 Å². The largest absolute Gasteiger partial charge is 0.364 e. The molecule has 0 radical (unpaired) electrons. The fourth-order valence-electron chi connectivity index (χ4n) is 3.09. The second kappa shape index (κ2) is 6.73. The van der Waals surface area contributed by atoms with Crippen molar-refractivity contribution >= 4 is 17.1 Å². The number of nitrogens with zero attached hydrogens (tertiary/aromatic N) is 3. The number of nitro groups is 1. The second-order valence-electron chi connectivity index (χ2n) is 5.18. The molecule has 2 rings (SSSR count). The quantitative estimate of drug-likeness (QED) is 0.472. The molecule has 1 heterocycles. The smallest absolute Gasteiger partial charge is 0.316 e. The molecule has 0 saturated carbocycles. The summed E-state index contributed by atoms with van der Waals surface area (Å²) < 4.78 is 0. The van der Waals surface area contributed by atoms with Gasteiger partial charge in [0.2, 0.25) is 0 Å². The Morgan fingerprint density at radius 3 is 2.76 bits per heavy atom.